The zero-order valence-electron chi connectivity index (χ0n) is 9.71. The van der Waals surface area contributed by atoms with Crippen molar-refractivity contribution in [2.45, 2.75) is 0 Å². The molecule has 5 heteroatoms. The number of rotatable bonds is 3. The van der Waals surface area contributed by atoms with Crippen molar-refractivity contribution >= 4 is 5.69 Å². The van der Waals surface area contributed by atoms with E-state index in [2.05, 4.69) is 14.8 Å². The average Bonchev–Trinajstić information content (AvgIpc) is 2.40. The number of hydrogen-bond donors (Lipinski definition) is 1. The van der Waals surface area contributed by atoms with E-state index in [1.54, 1.807) is 12.3 Å². The molecule has 1 aliphatic heterocycles. The quantitative estimate of drug-likeness (QED) is 0.799. The summed E-state index contributed by atoms with van der Waals surface area (Å²) in [6.07, 6.45) is 1.75. The van der Waals surface area contributed by atoms with Crippen LogP contribution in [0.15, 0.2) is 18.3 Å². The molecule has 5 nitrogen and oxygen atoms in total. The van der Waals surface area contributed by atoms with Crippen LogP contribution in [-0.2, 0) is 0 Å². The Labute approximate surface area is 101 Å². The van der Waals surface area contributed by atoms with Crippen LogP contribution in [-0.4, -0.2) is 54.3 Å². The number of aliphatic hydroxyl groups is 1. The summed E-state index contributed by atoms with van der Waals surface area (Å²) in [6, 6.07) is 5.70. The third-order valence-corrected chi connectivity index (χ3v) is 3.02. The first-order valence-corrected chi connectivity index (χ1v) is 5.78. The third-order valence-electron chi connectivity index (χ3n) is 3.02. The van der Waals surface area contributed by atoms with E-state index < -0.39 is 0 Å². The van der Waals surface area contributed by atoms with E-state index in [-0.39, 0.29) is 6.61 Å². The molecule has 0 bridgehead atoms. The van der Waals surface area contributed by atoms with Crippen molar-refractivity contribution in [2.24, 2.45) is 0 Å². The molecule has 2 heterocycles. The third kappa shape index (κ3) is 2.93. The summed E-state index contributed by atoms with van der Waals surface area (Å²) in [5.41, 5.74) is 1.51. The second-order valence-corrected chi connectivity index (χ2v) is 4.07. The predicted molar refractivity (Wildman–Crippen MR) is 64.7 cm³/mol. The number of nitriles is 1. The van der Waals surface area contributed by atoms with Crippen molar-refractivity contribution < 1.29 is 5.11 Å². The Bertz CT molecular complexity index is 390. The van der Waals surface area contributed by atoms with Gasteiger partial charge in [-0.15, -0.1) is 0 Å². The molecule has 1 fully saturated rings. The van der Waals surface area contributed by atoms with Gasteiger partial charge >= 0.3 is 0 Å². The van der Waals surface area contributed by atoms with Crippen molar-refractivity contribution in [3.63, 3.8) is 0 Å². The van der Waals surface area contributed by atoms with Crippen LogP contribution in [0.3, 0.4) is 0 Å². The van der Waals surface area contributed by atoms with Crippen LogP contribution in [0.1, 0.15) is 5.69 Å². The maximum atomic E-state index is 8.86. The first-order chi connectivity index (χ1) is 8.33. The normalized spacial score (nSPS) is 16.8. The summed E-state index contributed by atoms with van der Waals surface area (Å²) < 4.78 is 0. The SMILES string of the molecule is N#Cc1ccc(N2CCN(CCO)CC2)cn1. The average molecular weight is 232 g/mol. The smallest absolute Gasteiger partial charge is 0.140 e. The van der Waals surface area contributed by atoms with Crippen molar-refractivity contribution in [2.75, 3.05) is 44.2 Å². The van der Waals surface area contributed by atoms with Crippen LogP contribution in [0.2, 0.25) is 0 Å². The standard InChI is InChI=1S/C12H16N4O/c13-9-11-1-2-12(10-14-11)16-5-3-15(4-6-16)7-8-17/h1-2,10,17H,3-8H2. The molecular weight excluding hydrogens is 216 g/mol. The fraction of sp³-hybridized carbons (Fsp3) is 0.500. The van der Waals surface area contributed by atoms with Gasteiger partial charge in [-0.25, -0.2) is 4.98 Å². The van der Waals surface area contributed by atoms with Crippen molar-refractivity contribution in [1.29, 1.82) is 5.26 Å². The summed E-state index contributed by atoms with van der Waals surface area (Å²) in [5.74, 6) is 0. The highest BCUT2D eigenvalue weighted by Gasteiger charge is 2.16. The summed E-state index contributed by atoms with van der Waals surface area (Å²) in [4.78, 5) is 8.57. The van der Waals surface area contributed by atoms with Gasteiger partial charge in [-0.1, -0.05) is 0 Å². The molecule has 17 heavy (non-hydrogen) atoms. The number of piperazine rings is 1. The number of β-amino-alcohol motifs (C(OH)–C–C–N with tert-alkyl or cyclic N) is 1. The molecule has 1 aliphatic rings. The molecule has 0 amide bonds. The van der Waals surface area contributed by atoms with Crippen molar-refractivity contribution in [3.05, 3.63) is 24.0 Å². The maximum absolute atomic E-state index is 8.86. The van der Waals surface area contributed by atoms with E-state index in [1.807, 2.05) is 12.1 Å². The summed E-state index contributed by atoms with van der Waals surface area (Å²) in [5, 5.41) is 17.5. The van der Waals surface area contributed by atoms with Gasteiger partial charge in [0.25, 0.3) is 0 Å². The molecule has 0 saturated carbocycles. The monoisotopic (exact) mass is 232 g/mol. The molecule has 0 atom stereocenters. The minimum Gasteiger partial charge on any atom is -0.395 e. The van der Waals surface area contributed by atoms with E-state index in [9.17, 15) is 0 Å². The predicted octanol–water partition coefficient (Wildman–Crippen LogP) is 0.0676. The van der Waals surface area contributed by atoms with Gasteiger partial charge in [0.1, 0.15) is 11.8 Å². The highest BCUT2D eigenvalue weighted by atomic mass is 16.3. The number of nitrogens with zero attached hydrogens (tertiary/aromatic N) is 4. The summed E-state index contributed by atoms with van der Waals surface area (Å²) in [7, 11) is 0. The van der Waals surface area contributed by atoms with E-state index >= 15 is 0 Å². The van der Waals surface area contributed by atoms with Gasteiger partial charge in [-0.05, 0) is 12.1 Å². The number of aliphatic hydroxyl groups excluding tert-OH is 1. The molecule has 90 valence electrons. The molecule has 0 radical (unpaired) electrons. The van der Waals surface area contributed by atoms with E-state index in [0.29, 0.717) is 5.69 Å². The molecule has 1 aromatic heterocycles. The molecule has 1 N–H and O–H groups in total. The van der Waals surface area contributed by atoms with Crippen LogP contribution in [0.5, 0.6) is 0 Å². The molecule has 0 aliphatic carbocycles. The fourth-order valence-electron chi connectivity index (χ4n) is 2.01. The van der Waals surface area contributed by atoms with Gasteiger partial charge in [0.15, 0.2) is 0 Å². The van der Waals surface area contributed by atoms with Crippen LogP contribution in [0.4, 0.5) is 5.69 Å². The van der Waals surface area contributed by atoms with Gasteiger partial charge in [-0.3, -0.25) is 4.90 Å². The van der Waals surface area contributed by atoms with Crippen molar-refractivity contribution in [3.8, 4) is 6.07 Å². The Kier molecular flexibility index (Phi) is 3.91. The fourth-order valence-corrected chi connectivity index (χ4v) is 2.01. The number of aromatic nitrogens is 1. The summed E-state index contributed by atoms with van der Waals surface area (Å²) >= 11 is 0. The highest BCUT2D eigenvalue weighted by Crippen LogP contribution is 2.15. The van der Waals surface area contributed by atoms with Crippen LogP contribution in [0, 0.1) is 11.3 Å². The van der Waals surface area contributed by atoms with Crippen LogP contribution >= 0.6 is 0 Å². The lowest BCUT2D eigenvalue weighted by molar-refractivity contribution is 0.189. The van der Waals surface area contributed by atoms with Gasteiger partial charge in [0, 0.05) is 32.7 Å². The number of anilines is 1. The molecule has 0 aromatic carbocycles. The number of hydrogen-bond acceptors (Lipinski definition) is 5. The summed E-state index contributed by atoms with van der Waals surface area (Å²) in [6.45, 7) is 4.76. The lowest BCUT2D eigenvalue weighted by atomic mass is 10.2. The minimum atomic E-state index is 0.221. The number of pyridine rings is 1. The second-order valence-electron chi connectivity index (χ2n) is 4.07. The van der Waals surface area contributed by atoms with E-state index in [1.165, 1.54) is 0 Å². The van der Waals surface area contributed by atoms with E-state index in [4.69, 9.17) is 10.4 Å². The first-order valence-electron chi connectivity index (χ1n) is 5.78. The Morgan fingerprint density at radius 1 is 1.29 bits per heavy atom. The lowest BCUT2D eigenvalue weighted by Crippen LogP contribution is -2.47. The topological polar surface area (TPSA) is 63.4 Å². The second kappa shape index (κ2) is 5.62. The Hall–Kier alpha value is -1.64. The Morgan fingerprint density at radius 2 is 2.06 bits per heavy atom. The largest absolute Gasteiger partial charge is 0.395 e. The maximum Gasteiger partial charge on any atom is 0.140 e. The minimum absolute atomic E-state index is 0.221. The molecule has 1 aromatic rings. The zero-order valence-corrected chi connectivity index (χ0v) is 9.71. The molecular formula is C12H16N4O. The van der Waals surface area contributed by atoms with Crippen molar-refractivity contribution in [1.82, 2.24) is 9.88 Å². The van der Waals surface area contributed by atoms with Gasteiger partial charge in [0.2, 0.25) is 0 Å². The lowest BCUT2D eigenvalue weighted by Gasteiger charge is -2.35. The highest BCUT2D eigenvalue weighted by molar-refractivity contribution is 5.46. The van der Waals surface area contributed by atoms with Crippen LogP contribution < -0.4 is 4.90 Å². The molecule has 0 spiro atoms. The van der Waals surface area contributed by atoms with Gasteiger partial charge in [0.05, 0.1) is 18.5 Å². The molecule has 0 unspecified atom stereocenters. The van der Waals surface area contributed by atoms with Crippen LogP contribution in [0.25, 0.3) is 0 Å². The molecule has 1 saturated heterocycles. The molecule has 2 rings (SSSR count). The van der Waals surface area contributed by atoms with E-state index in [0.717, 1.165) is 38.4 Å². The first kappa shape index (κ1) is 11.8. The van der Waals surface area contributed by atoms with Gasteiger partial charge in [-0.2, -0.15) is 5.26 Å². The Balaban J connectivity index is 1.94. The zero-order chi connectivity index (χ0) is 12.1. The Morgan fingerprint density at radius 3 is 2.59 bits per heavy atom. The van der Waals surface area contributed by atoms with Gasteiger partial charge < -0.3 is 10.0 Å².